The molecule has 0 unspecified atom stereocenters. The maximum absolute atomic E-state index is 14.1. The van der Waals surface area contributed by atoms with E-state index in [1.807, 2.05) is 24.3 Å². The predicted molar refractivity (Wildman–Crippen MR) is 92.4 cm³/mol. The molecule has 0 heterocycles. The highest BCUT2D eigenvalue weighted by atomic mass is 79.9. The fraction of sp³-hybridized carbons (Fsp3) is 0.250. The van der Waals surface area contributed by atoms with Crippen LogP contribution in [0.15, 0.2) is 46.9 Å². The van der Waals surface area contributed by atoms with E-state index in [0.29, 0.717) is 28.8 Å². The van der Waals surface area contributed by atoms with E-state index in [1.165, 1.54) is 6.07 Å². The summed E-state index contributed by atoms with van der Waals surface area (Å²) in [6.45, 7) is 0. The summed E-state index contributed by atoms with van der Waals surface area (Å²) in [6, 6.07) is 12.5. The number of hydrogen-bond acceptors (Lipinski definition) is 0. The van der Waals surface area contributed by atoms with E-state index in [1.54, 1.807) is 12.1 Å². The molecule has 2 rings (SSSR count). The average Bonchev–Trinajstić information content (AvgIpc) is 2.47. The summed E-state index contributed by atoms with van der Waals surface area (Å²) in [4.78, 5) is 0. The second-order valence-electron chi connectivity index (χ2n) is 4.97. The van der Waals surface area contributed by atoms with Crippen molar-refractivity contribution in [3.63, 3.8) is 0 Å². The third kappa shape index (κ3) is 3.92. The van der Waals surface area contributed by atoms with Crippen LogP contribution < -0.4 is 0 Å². The summed E-state index contributed by atoms with van der Waals surface area (Å²) in [5.74, 6) is 0.265. The van der Waals surface area contributed by atoms with Gasteiger partial charge in [0, 0.05) is 26.7 Å². The van der Waals surface area contributed by atoms with Crippen molar-refractivity contribution in [3.05, 3.63) is 68.9 Å². The van der Waals surface area contributed by atoms with E-state index in [2.05, 4.69) is 15.9 Å². The van der Waals surface area contributed by atoms with E-state index in [0.717, 1.165) is 10.0 Å². The third-order valence-corrected chi connectivity index (χ3v) is 5.24. The van der Waals surface area contributed by atoms with Gasteiger partial charge in [-0.05, 0) is 41.8 Å². The molecule has 0 amide bonds. The molecule has 0 spiro atoms. The van der Waals surface area contributed by atoms with E-state index in [9.17, 15) is 4.39 Å². The van der Waals surface area contributed by atoms with Gasteiger partial charge < -0.3 is 0 Å². The molecule has 2 aromatic carbocycles. The summed E-state index contributed by atoms with van der Waals surface area (Å²) in [5, 5.41) is 0.376. The Bertz CT molecular complexity index is 627. The first kappa shape index (κ1) is 17.1. The maximum Gasteiger partial charge on any atom is 0.127 e. The third-order valence-electron chi connectivity index (χ3n) is 3.49. The minimum Gasteiger partial charge on any atom is -0.207 e. The lowest BCUT2D eigenvalue weighted by atomic mass is 9.78. The Hall–Kier alpha value is -0.280. The van der Waals surface area contributed by atoms with Crippen LogP contribution in [0.4, 0.5) is 4.39 Å². The summed E-state index contributed by atoms with van der Waals surface area (Å²) in [5.41, 5.74) is 1.01. The topological polar surface area (TPSA) is 0 Å². The standard InChI is InChI=1S/C16H13BrCl3F/c17-13-3-1-2-12(6-13)16(9-18,10-19)8-11-4-5-14(20)7-15(11)21/h1-7H,8-10H2. The van der Waals surface area contributed by atoms with Crippen LogP contribution in [0.3, 0.4) is 0 Å². The van der Waals surface area contributed by atoms with Crippen molar-refractivity contribution in [2.24, 2.45) is 0 Å². The molecule has 0 saturated carbocycles. The summed E-state index contributed by atoms with van der Waals surface area (Å²) >= 11 is 21.6. The normalized spacial score (nSPS) is 11.7. The van der Waals surface area contributed by atoms with Gasteiger partial charge in [-0.1, -0.05) is 45.7 Å². The monoisotopic (exact) mass is 408 g/mol. The van der Waals surface area contributed by atoms with Gasteiger partial charge in [0.05, 0.1) is 0 Å². The Kier molecular flexibility index (Phi) is 5.96. The predicted octanol–water partition coefficient (Wildman–Crippen LogP) is 6.20. The molecule has 2 aromatic rings. The van der Waals surface area contributed by atoms with Gasteiger partial charge in [0.25, 0.3) is 0 Å². The van der Waals surface area contributed by atoms with Gasteiger partial charge in [-0.25, -0.2) is 4.39 Å². The van der Waals surface area contributed by atoms with Crippen LogP contribution in [0.1, 0.15) is 11.1 Å². The Morgan fingerprint density at radius 1 is 1.05 bits per heavy atom. The number of halogens is 5. The van der Waals surface area contributed by atoms with Crippen LogP contribution in [-0.2, 0) is 11.8 Å². The van der Waals surface area contributed by atoms with E-state index in [-0.39, 0.29) is 5.82 Å². The first-order valence-electron chi connectivity index (χ1n) is 6.33. The van der Waals surface area contributed by atoms with Crippen molar-refractivity contribution < 1.29 is 4.39 Å². The largest absolute Gasteiger partial charge is 0.207 e. The fourth-order valence-electron chi connectivity index (χ4n) is 2.23. The molecule has 0 fully saturated rings. The Labute approximate surface area is 147 Å². The van der Waals surface area contributed by atoms with Crippen LogP contribution in [0.25, 0.3) is 0 Å². The zero-order valence-electron chi connectivity index (χ0n) is 11.1. The highest BCUT2D eigenvalue weighted by Crippen LogP contribution is 2.34. The molecule has 21 heavy (non-hydrogen) atoms. The molecule has 0 nitrogen and oxygen atoms in total. The summed E-state index contributed by atoms with van der Waals surface area (Å²) in [6.07, 6.45) is 0.416. The molecule has 5 heteroatoms. The van der Waals surface area contributed by atoms with E-state index < -0.39 is 5.41 Å². The minimum absolute atomic E-state index is 0.301. The first-order valence-corrected chi connectivity index (χ1v) is 8.57. The molecule has 0 aliphatic heterocycles. The molecule has 0 saturated heterocycles. The molecule has 0 radical (unpaired) electrons. The second-order valence-corrected chi connectivity index (χ2v) is 6.86. The molecule has 0 N–H and O–H groups in total. The SMILES string of the molecule is Fc1cc(Cl)ccc1CC(CCl)(CCl)c1cccc(Br)c1. The molecule has 0 aliphatic carbocycles. The fourth-order valence-corrected chi connectivity index (χ4v) is 3.58. The Balaban J connectivity index is 2.43. The number of benzene rings is 2. The van der Waals surface area contributed by atoms with Crippen molar-refractivity contribution in [1.82, 2.24) is 0 Å². The lowest BCUT2D eigenvalue weighted by molar-refractivity contribution is 0.512. The van der Waals surface area contributed by atoms with Gasteiger partial charge in [0.15, 0.2) is 0 Å². The van der Waals surface area contributed by atoms with Gasteiger partial charge in [0.2, 0.25) is 0 Å². The van der Waals surface area contributed by atoms with Crippen LogP contribution in [0, 0.1) is 5.82 Å². The summed E-state index contributed by atoms with van der Waals surface area (Å²) in [7, 11) is 0. The van der Waals surface area contributed by atoms with Crippen molar-refractivity contribution >= 4 is 50.7 Å². The Morgan fingerprint density at radius 3 is 2.33 bits per heavy atom. The van der Waals surface area contributed by atoms with Crippen molar-refractivity contribution in [1.29, 1.82) is 0 Å². The zero-order valence-corrected chi connectivity index (χ0v) is 14.9. The van der Waals surface area contributed by atoms with Crippen molar-refractivity contribution in [2.75, 3.05) is 11.8 Å². The quantitative estimate of drug-likeness (QED) is 0.515. The van der Waals surface area contributed by atoms with Gasteiger partial charge in [-0.15, -0.1) is 23.2 Å². The first-order chi connectivity index (χ1) is 10.0. The minimum atomic E-state index is -0.526. The van der Waals surface area contributed by atoms with Gasteiger partial charge in [0.1, 0.15) is 5.82 Å². The molecule has 0 bridgehead atoms. The van der Waals surface area contributed by atoms with E-state index >= 15 is 0 Å². The maximum atomic E-state index is 14.1. The zero-order chi connectivity index (χ0) is 15.5. The molecule has 0 aromatic heterocycles. The van der Waals surface area contributed by atoms with Crippen molar-refractivity contribution in [3.8, 4) is 0 Å². The number of alkyl halides is 2. The number of hydrogen-bond donors (Lipinski definition) is 0. The second kappa shape index (κ2) is 7.32. The van der Waals surface area contributed by atoms with Crippen LogP contribution in [-0.4, -0.2) is 11.8 Å². The molecular weight excluding hydrogens is 397 g/mol. The van der Waals surface area contributed by atoms with Gasteiger partial charge in [-0.3, -0.25) is 0 Å². The van der Waals surface area contributed by atoms with Crippen LogP contribution in [0.2, 0.25) is 5.02 Å². The molecule has 112 valence electrons. The number of rotatable bonds is 5. The van der Waals surface area contributed by atoms with Gasteiger partial charge >= 0.3 is 0 Å². The lowest BCUT2D eigenvalue weighted by Gasteiger charge is -2.31. The smallest absolute Gasteiger partial charge is 0.127 e. The highest BCUT2D eigenvalue weighted by molar-refractivity contribution is 9.10. The molecule has 0 aliphatic rings. The average molecular weight is 411 g/mol. The van der Waals surface area contributed by atoms with Gasteiger partial charge in [-0.2, -0.15) is 0 Å². The Morgan fingerprint density at radius 2 is 1.76 bits per heavy atom. The van der Waals surface area contributed by atoms with Crippen LogP contribution >= 0.6 is 50.7 Å². The lowest BCUT2D eigenvalue weighted by Crippen LogP contribution is -2.33. The highest BCUT2D eigenvalue weighted by Gasteiger charge is 2.32. The summed E-state index contributed by atoms with van der Waals surface area (Å²) < 4.78 is 15.0. The van der Waals surface area contributed by atoms with Crippen LogP contribution in [0.5, 0.6) is 0 Å². The molecular formula is C16H13BrCl3F. The van der Waals surface area contributed by atoms with E-state index in [4.69, 9.17) is 34.8 Å². The molecule has 0 atom stereocenters. The van der Waals surface area contributed by atoms with Crippen molar-refractivity contribution in [2.45, 2.75) is 11.8 Å².